The molecule has 0 spiro atoms. The molecule has 1 atom stereocenters. The summed E-state index contributed by atoms with van der Waals surface area (Å²) in [6.07, 6.45) is 6.38. The maximum atomic E-state index is 13.1. The number of nitrogens with one attached hydrogen (secondary N) is 2. The molecular weight excluding hydrogens is 328 g/mol. The zero-order valence-corrected chi connectivity index (χ0v) is 15.4. The second kappa shape index (κ2) is 9.38. The molecular formula is C20H28N4O2. The van der Waals surface area contributed by atoms with Crippen molar-refractivity contribution in [2.75, 3.05) is 39.9 Å². The van der Waals surface area contributed by atoms with Crippen LogP contribution in [-0.4, -0.2) is 62.7 Å². The quantitative estimate of drug-likeness (QED) is 0.477. The number of hydrogen-bond donors (Lipinski definition) is 2. The Kier molecular flexibility index (Phi) is 6.66. The molecule has 1 unspecified atom stereocenters. The van der Waals surface area contributed by atoms with Crippen molar-refractivity contribution in [1.29, 1.82) is 0 Å². The maximum Gasteiger partial charge on any atom is 0.232 e. The van der Waals surface area contributed by atoms with Crippen molar-refractivity contribution in [2.45, 2.75) is 24.8 Å². The van der Waals surface area contributed by atoms with Gasteiger partial charge in [-0.25, -0.2) is 0 Å². The van der Waals surface area contributed by atoms with Crippen molar-refractivity contribution < 1.29 is 9.53 Å². The number of morpholine rings is 1. The van der Waals surface area contributed by atoms with Gasteiger partial charge in [-0.15, -0.1) is 0 Å². The Balaban J connectivity index is 1.65. The van der Waals surface area contributed by atoms with Crippen LogP contribution in [0.1, 0.15) is 24.3 Å². The smallest absolute Gasteiger partial charge is 0.232 e. The highest BCUT2D eigenvalue weighted by Gasteiger charge is 2.27. The first-order valence-electron chi connectivity index (χ1n) is 9.31. The standard InChI is InChI=1S/C20H28N4O2/c1-21-20(23-17-9-5-6-10-17)22-15-18(16-7-3-2-4-8-16)19(25)24-11-13-26-14-12-24/h2-8,17-18H,9-15H2,1H3,(H2,21,22,23). The van der Waals surface area contributed by atoms with E-state index >= 15 is 0 Å². The average Bonchev–Trinajstić information content (AvgIpc) is 3.21. The summed E-state index contributed by atoms with van der Waals surface area (Å²) in [5, 5.41) is 6.77. The molecule has 26 heavy (non-hydrogen) atoms. The van der Waals surface area contributed by atoms with Crippen molar-refractivity contribution in [1.82, 2.24) is 15.5 Å². The van der Waals surface area contributed by atoms with Crippen molar-refractivity contribution in [3.05, 3.63) is 48.0 Å². The van der Waals surface area contributed by atoms with E-state index in [-0.39, 0.29) is 11.8 Å². The zero-order valence-electron chi connectivity index (χ0n) is 15.4. The number of carbonyl (C=O) groups excluding carboxylic acids is 1. The zero-order chi connectivity index (χ0) is 18.2. The van der Waals surface area contributed by atoms with Crippen LogP contribution in [0.3, 0.4) is 0 Å². The second-order valence-electron chi connectivity index (χ2n) is 6.64. The number of benzene rings is 1. The summed E-state index contributed by atoms with van der Waals surface area (Å²) in [6.45, 7) is 3.04. The number of rotatable bonds is 5. The third-order valence-electron chi connectivity index (χ3n) is 4.87. The molecule has 0 radical (unpaired) electrons. The van der Waals surface area contributed by atoms with E-state index in [2.05, 4.69) is 27.8 Å². The number of ether oxygens (including phenoxy) is 1. The van der Waals surface area contributed by atoms with Crippen LogP contribution in [-0.2, 0) is 9.53 Å². The van der Waals surface area contributed by atoms with Gasteiger partial charge in [-0.3, -0.25) is 9.79 Å². The van der Waals surface area contributed by atoms with E-state index in [1.807, 2.05) is 35.2 Å². The lowest BCUT2D eigenvalue weighted by atomic mass is 9.97. The molecule has 0 aromatic heterocycles. The monoisotopic (exact) mass is 356 g/mol. The summed E-state index contributed by atoms with van der Waals surface area (Å²) in [7, 11) is 1.76. The van der Waals surface area contributed by atoms with Gasteiger partial charge in [-0.05, 0) is 18.4 Å². The van der Waals surface area contributed by atoms with Crippen LogP contribution in [0.25, 0.3) is 0 Å². The Hall–Kier alpha value is -2.34. The number of nitrogens with zero attached hydrogens (tertiary/aromatic N) is 2. The van der Waals surface area contributed by atoms with E-state index in [1.165, 1.54) is 0 Å². The fraction of sp³-hybridized carbons (Fsp3) is 0.500. The van der Waals surface area contributed by atoms with Crippen molar-refractivity contribution >= 4 is 11.9 Å². The van der Waals surface area contributed by atoms with Crippen molar-refractivity contribution in [3.8, 4) is 0 Å². The van der Waals surface area contributed by atoms with Crippen LogP contribution in [0.5, 0.6) is 0 Å². The van der Waals surface area contributed by atoms with Gasteiger partial charge in [0.1, 0.15) is 0 Å². The van der Waals surface area contributed by atoms with E-state index < -0.39 is 0 Å². The van der Waals surface area contributed by atoms with Gasteiger partial charge < -0.3 is 20.3 Å². The largest absolute Gasteiger partial charge is 0.378 e. The molecule has 1 aliphatic carbocycles. The fourth-order valence-electron chi connectivity index (χ4n) is 3.36. The van der Waals surface area contributed by atoms with Gasteiger partial charge >= 0.3 is 0 Å². The molecule has 1 aromatic rings. The fourth-order valence-corrected chi connectivity index (χ4v) is 3.36. The third kappa shape index (κ3) is 4.85. The highest BCUT2D eigenvalue weighted by Crippen LogP contribution is 2.19. The van der Waals surface area contributed by atoms with Crippen molar-refractivity contribution in [3.63, 3.8) is 0 Å². The maximum absolute atomic E-state index is 13.1. The highest BCUT2D eigenvalue weighted by atomic mass is 16.5. The number of aliphatic imine (C=N–C) groups is 1. The molecule has 1 aliphatic heterocycles. The first-order chi connectivity index (χ1) is 12.8. The Morgan fingerprint density at radius 1 is 1.23 bits per heavy atom. The van der Waals surface area contributed by atoms with Crippen LogP contribution in [0.4, 0.5) is 0 Å². The predicted molar refractivity (Wildman–Crippen MR) is 103 cm³/mol. The summed E-state index contributed by atoms with van der Waals surface area (Å²) in [4.78, 5) is 19.3. The van der Waals surface area contributed by atoms with Gasteiger partial charge in [-0.1, -0.05) is 42.5 Å². The van der Waals surface area contributed by atoms with E-state index in [1.54, 1.807) is 7.05 Å². The van der Waals surface area contributed by atoms with Crippen LogP contribution < -0.4 is 10.6 Å². The van der Waals surface area contributed by atoms with E-state index in [4.69, 9.17) is 4.74 Å². The topological polar surface area (TPSA) is 66.0 Å². The molecule has 3 rings (SSSR count). The van der Waals surface area contributed by atoms with Gasteiger partial charge in [0.2, 0.25) is 5.91 Å². The molecule has 2 N–H and O–H groups in total. The number of hydrogen-bond acceptors (Lipinski definition) is 3. The summed E-state index contributed by atoms with van der Waals surface area (Å²) in [5.74, 6) is 0.647. The Bertz CT molecular complexity index is 630. The molecule has 6 nitrogen and oxygen atoms in total. The van der Waals surface area contributed by atoms with E-state index in [0.29, 0.717) is 38.9 Å². The van der Waals surface area contributed by atoms with Gasteiger partial charge in [-0.2, -0.15) is 0 Å². The average molecular weight is 356 g/mol. The predicted octanol–water partition coefficient (Wildman–Crippen LogP) is 1.51. The summed E-state index contributed by atoms with van der Waals surface area (Å²) >= 11 is 0. The molecule has 0 saturated carbocycles. The molecule has 140 valence electrons. The normalized spacial score (nSPS) is 19.4. The summed E-state index contributed by atoms with van der Waals surface area (Å²) in [5.41, 5.74) is 1.02. The van der Waals surface area contributed by atoms with Crippen LogP contribution >= 0.6 is 0 Å². The van der Waals surface area contributed by atoms with E-state index in [9.17, 15) is 4.79 Å². The van der Waals surface area contributed by atoms with Gasteiger partial charge in [0.15, 0.2) is 5.96 Å². The van der Waals surface area contributed by atoms with Crippen molar-refractivity contribution in [2.24, 2.45) is 4.99 Å². The summed E-state index contributed by atoms with van der Waals surface area (Å²) in [6, 6.07) is 10.3. The minimum absolute atomic E-state index is 0.144. The minimum Gasteiger partial charge on any atom is -0.378 e. The molecule has 1 amide bonds. The summed E-state index contributed by atoms with van der Waals surface area (Å²) < 4.78 is 5.38. The molecule has 6 heteroatoms. The second-order valence-corrected chi connectivity index (χ2v) is 6.64. The van der Waals surface area contributed by atoms with Crippen LogP contribution in [0.2, 0.25) is 0 Å². The Morgan fingerprint density at radius 2 is 1.92 bits per heavy atom. The SMILES string of the molecule is CN=C(NCC(C(=O)N1CCOCC1)c1ccccc1)NC1CC=CC1. The van der Waals surface area contributed by atoms with Gasteiger partial charge in [0.25, 0.3) is 0 Å². The third-order valence-corrected chi connectivity index (χ3v) is 4.87. The first-order valence-corrected chi connectivity index (χ1v) is 9.31. The lowest BCUT2D eigenvalue weighted by Crippen LogP contribution is -2.48. The lowest BCUT2D eigenvalue weighted by molar-refractivity contribution is -0.136. The van der Waals surface area contributed by atoms with Crippen LogP contribution in [0.15, 0.2) is 47.5 Å². The number of amides is 1. The number of guanidine groups is 1. The highest BCUT2D eigenvalue weighted by molar-refractivity contribution is 5.86. The Labute approximate surface area is 155 Å². The minimum atomic E-state index is -0.241. The first kappa shape index (κ1) is 18.5. The number of carbonyl (C=O) groups is 1. The van der Waals surface area contributed by atoms with E-state index in [0.717, 1.165) is 24.4 Å². The van der Waals surface area contributed by atoms with Crippen LogP contribution in [0, 0.1) is 0 Å². The molecule has 1 saturated heterocycles. The molecule has 2 aliphatic rings. The molecule has 1 aromatic carbocycles. The molecule has 1 heterocycles. The lowest BCUT2D eigenvalue weighted by Gasteiger charge is -2.31. The van der Waals surface area contributed by atoms with Gasteiger partial charge in [0, 0.05) is 32.7 Å². The van der Waals surface area contributed by atoms with Gasteiger partial charge in [0.05, 0.1) is 19.1 Å². The molecule has 0 bridgehead atoms. The molecule has 1 fully saturated rings. The Morgan fingerprint density at radius 3 is 2.58 bits per heavy atom.